The zero-order chi connectivity index (χ0) is 12.5. The minimum absolute atomic E-state index is 0.720. The molecule has 0 aliphatic rings. The first-order valence-electron chi connectivity index (χ1n) is 5.55. The van der Waals surface area contributed by atoms with Crippen LogP contribution in [0.3, 0.4) is 0 Å². The van der Waals surface area contributed by atoms with E-state index in [0.29, 0.717) is 0 Å². The highest BCUT2D eigenvalue weighted by molar-refractivity contribution is 6.30. The van der Waals surface area contributed by atoms with Gasteiger partial charge in [0.25, 0.3) is 0 Å². The fourth-order valence-corrected chi connectivity index (χ4v) is 1.98. The lowest BCUT2D eigenvalue weighted by Crippen LogP contribution is -1.92. The van der Waals surface area contributed by atoms with E-state index in [1.54, 1.807) is 7.11 Å². The maximum Gasteiger partial charge on any atom is 0.119 e. The van der Waals surface area contributed by atoms with Crippen LogP contribution >= 0.6 is 11.6 Å². The number of nitrogens with zero attached hydrogens (tertiary/aromatic N) is 2. The van der Waals surface area contributed by atoms with Crippen molar-refractivity contribution >= 4 is 22.5 Å². The molecule has 90 valence electrons. The van der Waals surface area contributed by atoms with E-state index in [1.165, 1.54) is 0 Å². The maximum absolute atomic E-state index is 5.87. The van der Waals surface area contributed by atoms with Gasteiger partial charge in [-0.3, -0.25) is 0 Å². The van der Waals surface area contributed by atoms with Gasteiger partial charge in [0.05, 0.1) is 18.3 Å². The Balaban J connectivity index is 2.10. The summed E-state index contributed by atoms with van der Waals surface area (Å²) in [5.74, 6) is 0.832. The average molecular weight is 259 g/mol. The number of halogens is 1. The molecule has 3 rings (SSSR count). The highest BCUT2D eigenvalue weighted by Gasteiger charge is 2.03. The van der Waals surface area contributed by atoms with E-state index in [-0.39, 0.29) is 0 Å². The van der Waals surface area contributed by atoms with Crippen LogP contribution in [0.5, 0.6) is 5.75 Å². The van der Waals surface area contributed by atoms with Gasteiger partial charge in [0.15, 0.2) is 0 Å². The molecule has 0 spiro atoms. The van der Waals surface area contributed by atoms with Gasteiger partial charge in [-0.25, -0.2) is 4.68 Å². The van der Waals surface area contributed by atoms with Crippen molar-refractivity contribution in [3.05, 3.63) is 53.7 Å². The standard InChI is InChI=1S/C14H11ClN2O/c1-18-13-6-7-14-10(8-13)9-17(16-14)12-4-2-11(15)3-5-12/h2-9H,1H3. The average Bonchev–Trinajstić information content (AvgIpc) is 2.82. The van der Waals surface area contributed by atoms with Crippen LogP contribution < -0.4 is 4.74 Å². The highest BCUT2D eigenvalue weighted by Crippen LogP contribution is 2.21. The van der Waals surface area contributed by atoms with Gasteiger partial charge in [-0.1, -0.05) is 11.6 Å². The molecule has 4 heteroatoms. The van der Waals surface area contributed by atoms with Crippen molar-refractivity contribution in [3.63, 3.8) is 0 Å². The third-order valence-corrected chi connectivity index (χ3v) is 3.05. The minimum atomic E-state index is 0.720. The van der Waals surface area contributed by atoms with Gasteiger partial charge in [0.2, 0.25) is 0 Å². The lowest BCUT2D eigenvalue weighted by atomic mass is 10.2. The summed E-state index contributed by atoms with van der Waals surface area (Å²) in [5.41, 5.74) is 1.92. The Morgan fingerprint density at radius 3 is 2.61 bits per heavy atom. The van der Waals surface area contributed by atoms with Gasteiger partial charge >= 0.3 is 0 Å². The predicted molar refractivity (Wildman–Crippen MR) is 72.6 cm³/mol. The molecule has 1 heterocycles. The second kappa shape index (κ2) is 4.35. The van der Waals surface area contributed by atoms with Crippen molar-refractivity contribution in [1.82, 2.24) is 9.78 Å². The maximum atomic E-state index is 5.87. The Morgan fingerprint density at radius 2 is 1.89 bits per heavy atom. The van der Waals surface area contributed by atoms with E-state index < -0.39 is 0 Å². The molecular formula is C14H11ClN2O. The zero-order valence-electron chi connectivity index (χ0n) is 9.80. The smallest absolute Gasteiger partial charge is 0.119 e. The highest BCUT2D eigenvalue weighted by atomic mass is 35.5. The number of hydrogen-bond acceptors (Lipinski definition) is 2. The fraction of sp³-hybridized carbons (Fsp3) is 0.0714. The number of aromatic nitrogens is 2. The van der Waals surface area contributed by atoms with E-state index in [1.807, 2.05) is 53.3 Å². The first-order chi connectivity index (χ1) is 8.76. The minimum Gasteiger partial charge on any atom is -0.497 e. The topological polar surface area (TPSA) is 27.1 Å². The molecule has 0 fully saturated rings. The molecule has 0 bridgehead atoms. The summed E-state index contributed by atoms with van der Waals surface area (Å²) < 4.78 is 7.03. The molecule has 0 unspecified atom stereocenters. The summed E-state index contributed by atoms with van der Waals surface area (Å²) >= 11 is 5.87. The Morgan fingerprint density at radius 1 is 1.11 bits per heavy atom. The zero-order valence-corrected chi connectivity index (χ0v) is 10.6. The monoisotopic (exact) mass is 258 g/mol. The van der Waals surface area contributed by atoms with Gasteiger partial charge in [-0.2, -0.15) is 5.10 Å². The van der Waals surface area contributed by atoms with Crippen LogP contribution in [0.15, 0.2) is 48.7 Å². The molecule has 3 nitrogen and oxygen atoms in total. The van der Waals surface area contributed by atoms with Crippen molar-refractivity contribution < 1.29 is 4.74 Å². The second-order valence-electron chi connectivity index (χ2n) is 3.97. The third-order valence-electron chi connectivity index (χ3n) is 2.80. The predicted octanol–water partition coefficient (Wildman–Crippen LogP) is 3.69. The van der Waals surface area contributed by atoms with E-state index in [0.717, 1.165) is 27.4 Å². The van der Waals surface area contributed by atoms with Crippen LogP contribution in [0, 0.1) is 0 Å². The molecular weight excluding hydrogens is 248 g/mol. The molecule has 0 aliphatic heterocycles. The Labute approximate surface area is 110 Å². The number of fused-ring (bicyclic) bond motifs is 1. The summed E-state index contributed by atoms with van der Waals surface area (Å²) in [5, 5.41) is 6.27. The molecule has 1 aromatic heterocycles. The lowest BCUT2D eigenvalue weighted by molar-refractivity contribution is 0.415. The summed E-state index contributed by atoms with van der Waals surface area (Å²) in [7, 11) is 1.66. The third kappa shape index (κ3) is 1.93. The largest absolute Gasteiger partial charge is 0.497 e. The number of methoxy groups -OCH3 is 1. The Bertz CT molecular complexity index is 689. The van der Waals surface area contributed by atoms with E-state index >= 15 is 0 Å². The Kier molecular flexibility index (Phi) is 2.68. The molecule has 2 aromatic carbocycles. The summed E-state index contributed by atoms with van der Waals surface area (Å²) in [6.07, 6.45) is 1.97. The molecule has 0 saturated heterocycles. The molecule has 0 aliphatic carbocycles. The number of ether oxygens (including phenoxy) is 1. The van der Waals surface area contributed by atoms with Crippen molar-refractivity contribution in [2.24, 2.45) is 0 Å². The first-order valence-corrected chi connectivity index (χ1v) is 5.93. The van der Waals surface area contributed by atoms with Crippen LogP contribution in [0.25, 0.3) is 16.6 Å². The molecule has 3 aromatic rings. The SMILES string of the molecule is COc1ccc2nn(-c3ccc(Cl)cc3)cc2c1. The van der Waals surface area contributed by atoms with Gasteiger partial charge in [0.1, 0.15) is 5.75 Å². The van der Waals surface area contributed by atoms with Crippen molar-refractivity contribution in [1.29, 1.82) is 0 Å². The van der Waals surface area contributed by atoms with Crippen molar-refractivity contribution in [2.75, 3.05) is 7.11 Å². The molecule has 0 amide bonds. The molecule has 0 saturated carbocycles. The van der Waals surface area contributed by atoms with Crippen LogP contribution in [0.2, 0.25) is 5.02 Å². The van der Waals surface area contributed by atoms with E-state index in [2.05, 4.69) is 5.10 Å². The summed E-state index contributed by atoms with van der Waals surface area (Å²) in [6.45, 7) is 0. The van der Waals surface area contributed by atoms with Crippen LogP contribution in [0.1, 0.15) is 0 Å². The van der Waals surface area contributed by atoms with E-state index in [9.17, 15) is 0 Å². The van der Waals surface area contributed by atoms with Crippen LogP contribution in [-0.2, 0) is 0 Å². The fourth-order valence-electron chi connectivity index (χ4n) is 1.86. The summed E-state index contributed by atoms with van der Waals surface area (Å²) in [4.78, 5) is 0. The van der Waals surface area contributed by atoms with Crippen LogP contribution in [0.4, 0.5) is 0 Å². The van der Waals surface area contributed by atoms with Gasteiger partial charge in [0, 0.05) is 16.6 Å². The molecule has 18 heavy (non-hydrogen) atoms. The summed E-state index contributed by atoms with van der Waals surface area (Å²) in [6, 6.07) is 13.4. The van der Waals surface area contributed by atoms with Crippen molar-refractivity contribution in [2.45, 2.75) is 0 Å². The van der Waals surface area contributed by atoms with Gasteiger partial charge < -0.3 is 4.74 Å². The number of rotatable bonds is 2. The number of benzene rings is 2. The normalized spacial score (nSPS) is 10.8. The lowest BCUT2D eigenvalue weighted by Gasteiger charge is -1.99. The van der Waals surface area contributed by atoms with Gasteiger partial charge in [-0.05, 0) is 42.5 Å². The van der Waals surface area contributed by atoms with E-state index in [4.69, 9.17) is 16.3 Å². The molecule has 0 radical (unpaired) electrons. The van der Waals surface area contributed by atoms with Crippen molar-refractivity contribution in [3.8, 4) is 11.4 Å². The Hall–Kier alpha value is -2.00. The number of hydrogen-bond donors (Lipinski definition) is 0. The van der Waals surface area contributed by atoms with Gasteiger partial charge in [-0.15, -0.1) is 0 Å². The first kappa shape index (κ1) is 11.1. The quantitative estimate of drug-likeness (QED) is 0.701. The second-order valence-corrected chi connectivity index (χ2v) is 4.41. The molecule has 0 atom stereocenters. The molecule has 0 N–H and O–H groups in total. The van der Waals surface area contributed by atoms with Crippen LogP contribution in [-0.4, -0.2) is 16.9 Å².